The number of hydrogen-bond acceptors (Lipinski definition) is 4. The summed E-state index contributed by atoms with van der Waals surface area (Å²) < 4.78 is 35.0. The molecule has 1 amide bonds. The van der Waals surface area contributed by atoms with Crippen LogP contribution in [-0.4, -0.2) is 68.0 Å². The van der Waals surface area contributed by atoms with Gasteiger partial charge in [-0.2, -0.15) is 17.4 Å². The predicted molar refractivity (Wildman–Crippen MR) is 92.7 cm³/mol. The van der Waals surface area contributed by atoms with Gasteiger partial charge in [0.05, 0.1) is 12.2 Å². The minimum absolute atomic E-state index is 0.0965. The third-order valence-electron chi connectivity index (χ3n) is 4.47. The van der Waals surface area contributed by atoms with Crippen LogP contribution in [0.5, 0.6) is 0 Å². The summed E-state index contributed by atoms with van der Waals surface area (Å²) in [6, 6.07) is -0.105. The molecular formula is C16H31N3O4S. The number of nitrogens with one attached hydrogen (secondary N) is 1. The number of nitrogens with zero attached hydrogens (tertiary/aromatic N) is 2. The minimum Gasteiger partial charge on any atom is -0.373 e. The van der Waals surface area contributed by atoms with Crippen molar-refractivity contribution in [1.82, 2.24) is 13.9 Å². The first-order valence-electron chi connectivity index (χ1n) is 8.88. The average molecular weight is 362 g/mol. The number of carbonyl (C=O) groups is 1. The van der Waals surface area contributed by atoms with Crippen LogP contribution >= 0.6 is 0 Å². The standard InChI is InChI=1S/C16H31N3O4S/c1-12(2)9-16(20)18-7-5-15(6-8-18)17-24(21,22)19-10-13(3)23-14(4)11-19/h12-15,17H,5-11H2,1-4H3. The highest BCUT2D eigenvalue weighted by Gasteiger charge is 2.33. The van der Waals surface area contributed by atoms with Crippen molar-refractivity contribution >= 4 is 16.1 Å². The molecule has 2 aliphatic rings. The largest absolute Gasteiger partial charge is 0.373 e. The molecule has 0 aromatic carbocycles. The van der Waals surface area contributed by atoms with Gasteiger partial charge in [-0.25, -0.2) is 0 Å². The lowest BCUT2D eigenvalue weighted by Crippen LogP contribution is -2.55. The number of rotatable bonds is 5. The first kappa shape index (κ1) is 19.6. The van der Waals surface area contributed by atoms with E-state index in [-0.39, 0.29) is 24.2 Å². The van der Waals surface area contributed by atoms with Crippen LogP contribution in [0.3, 0.4) is 0 Å². The van der Waals surface area contributed by atoms with E-state index in [1.807, 2.05) is 32.6 Å². The lowest BCUT2D eigenvalue weighted by molar-refractivity contribution is -0.133. The highest BCUT2D eigenvalue weighted by atomic mass is 32.2. The monoisotopic (exact) mass is 361 g/mol. The Morgan fingerprint density at radius 3 is 2.21 bits per heavy atom. The van der Waals surface area contributed by atoms with E-state index in [4.69, 9.17) is 4.74 Å². The SMILES string of the molecule is CC(C)CC(=O)N1CCC(NS(=O)(=O)N2CC(C)OC(C)C2)CC1. The van der Waals surface area contributed by atoms with Gasteiger partial charge in [0.25, 0.3) is 10.2 Å². The Morgan fingerprint density at radius 2 is 1.71 bits per heavy atom. The van der Waals surface area contributed by atoms with E-state index in [0.29, 0.717) is 51.4 Å². The minimum atomic E-state index is -3.51. The maximum Gasteiger partial charge on any atom is 0.279 e. The molecule has 24 heavy (non-hydrogen) atoms. The van der Waals surface area contributed by atoms with Crippen molar-refractivity contribution in [2.45, 2.75) is 65.2 Å². The smallest absolute Gasteiger partial charge is 0.279 e. The van der Waals surface area contributed by atoms with Crippen molar-refractivity contribution in [3.63, 3.8) is 0 Å². The Hall–Kier alpha value is -0.700. The molecule has 2 saturated heterocycles. The van der Waals surface area contributed by atoms with Crippen LogP contribution in [0.4, 0.5) is 0 Å². The van der Waals surface area contributed by atoms with Crippen LogP contribution in [-0.2, 0) is 19.7 Å². The second kappa shape index (κ2) is 8.12. The Morgan fingerprint density at radius 1 is 1.17 bits per heavy atom. The molecule has 0 aliphatic carbocycles. The number of amides is 1. The number of carbonyl (C=O) groups excluding carboxylic acids is 1. The van der Waals surface area contributed by atoms with Gasteiger partial charge >= 0.3 is 0 Å². The summed E-state index contributed by atoms with van der Waals surface area (Å²) in [6.07, 6.45) is 1.69. The van der Waals surface area contributed by atoms with Gasteiger partial charge in [-0.05, 0) is 32.6 Å². The Bertz CT molecular complexity index is 519. The first-order chi connectivity index (χ1) is 11.2. The van der Waals surface area contributed by atoms with Gasteiger partial charge in [-0.3, -0.25) is 4.79 Å². The summed E-state index contributed by atoms with van der Waals surface area (Å²) >= 11 is 0. The number of hydrogen-bond donors (Lipinski definition) is 1. The molecule has 2 fully saturated rings. The molecule has 7 nitrogen and oxygen atoms in total. The third kappa shape index (κ3) is 5.40. The van der Waals surface area contributed by atoms with Crippen LogP contribution in [0.1, 0.15) is 47.0 Å². The van der Waals surface area contributed by atoms with Crippen molar-refractivity contribution in [3.8, 4) is 0 Å². The molecule has 2 aliphatic heterocycles. The maximum absolute atomic E-state index is 12.6. The van der Waals surface area contributed by atoms with Crippen molar-refractivity contribution in [2.75, 3.05) is 26.2 Å². The second-order valence-corrected chi connectivity index (χ2v) is 9.15. The quantitative estimate of drug-likeness (QED) is 0.791. The summed E-state index contributed by atoms with van der Waals surface area (Å²) in [5.41, 5.74) is 0. The van der Waals surface area contributed by atoms with Crippen LogP contribution in [0.2, 0.25) is 0 Å². The van der Waals surface area contributed by atoms with E-state index >= 15 is 0 Å². The number of piperidine rings is 1. The normalized spacial score (nSPS) is 27.6. The van der Waals surface area contributed by atoms with Gasteiger partial charge in [0.1, 0.15) is 0 Å². The molecule has 0 spiro atoms. The molecule has 0 radical (unpaired) electrons. The summed E-state index contributed by atoms with van der Waals surface area (Å²) in [4.78, 5) is 13.9. The van der Waals surface area contributed by atoms with E-state index < -0.39 is 10.2 Å². The number of morpholine rings is 1. The zero-order valence-electron chi connectivity index (χ0n) is 15.2. The van der Waals surface area contributed by atoms with Crippen molar-refractivity contribution in [3.05, 3.63) is 0 Å². The van der Waals surface area contributed by atoms with Crippen molar-refractivity contribution in [2.24, 2.45) is 5.92 Å². The Kier molecular flexibility index (Phi) is 6.64. The van der Waals surface area contributed by atoms with Crippen molar-refractivity contribution in [1.29, 1.82) is 0 Å². The molecule has 2 atom stereocenters. The third-order valence-corrected chi connectivity index (χ3v) is 6.08. The fourth-order valence-corrected chi connectivity index (χ4v) is 4.96. The van der Waals surface area contributed by atoms with E-state index in [1.165, 1.54) is 4.31 Å². The fourth-order valence-electron chi connectivity index (χ4n) is 3.34. The summed E-state index contributed by atoms with van der Waals surface area (Å²) in [6.45, 7) is 9.83. The van der Waals surface area contributed by atoms with Gasteiger partial charge in [-0.1, -0.05) is 13.8 Å². The summed E-state index contributed by atoms with van der Waals surface area (Å²) in [7, 11) is -3.51. The topological polar surface area (TPSA) is 79.0 Å². The zero-order valence-corrected chi connectivity index (χ0v) is 16.0. The van der Waals surface area contributed by atoms with Crippen LogP contribution in [0.15, 0.2) is 0 Å². The highest BCUT2D eigenvalue weighted by molar-refractivity contribution is 7.87. The molecule has 0 saturated carbocycles. The first-order valence-corrected chi connectivity index (χ1v) is 10.3. The van der Waals surface area contributed by atoms with Crippen LogP contribution in [0, 0.1) is 5.92 Å². The number of ether oxygens (including phenoxy) is 1. The predicted octanol–water partition coefficient (Wildman–Crippen LogP) is 0.967. The van der Waals surface area contributed by atoms with E-state index in [9.17, 15) is 13.2 Å². The second-order valence-electron chi connectivity index (χ2n) is 7.45. The maximum atomic E-state index is 12.6. The van der Waals surface area contributed by atoms with Crippen LogP contribution in [0.25, 0.3) is 0 Å². The molecule has 140 valence electrons. The van der Waals surface area contributed by atoms with Gasteiger partial charge in [-0.15, -0.1) is 0 Å². The Labute approximate surface area is 145 Å². The lowest BCUT2D eigenvalue weighted by atomic mass is 10.0. The van der Waals surface area contributed by atoms with Crippen LogP contribution < -0.4 is 4.72 Å². The van der Waals surface area contributed by atoms with Gasteiger partial charge in [0, 0.05) is 38.6 Å². The molecule has 0 aromatic rings. The molecular weight excluding hydrogens is 330 g/mol. The summed E-state index contributed by atoms with van der Waals surface area (Å²) in [5, 5.41) is 0. The molecule has 2 unspecified atom stereocenters. The lowest BCUT2D eigenvalue weighted by Gasteiger charge is -2.37. The molecule has 1 N–H and O–H groups in total. The molecule has 8 heteroatoms. The Balaban J connectivity index is 1.85. The molecule has 2 rings (SSSR count). The van der Waals surface area contributed by atoms with E-state index in [2.05, 4.69) is 4.72 Å². The van der Waals surface area contributed by atoms with E-state index in [1.54, 1.807) is 0 Å². The molecule has 0 bridgehead atoms. The molecule has 2 heterocycles. The van der Waals surface area contributed by atoms with Crippen molar-refractivity contribution < 1.29 is 17.9 Å². The molecule has 0 aromatic heterocycles. The van der Waals surface area contributed by atoms with Gasteiger partial charge in [0.2, 0.25) is 5.91 Å². The number of likely N-dealkylation sites (tertiary alicyclic amines) is 1. The average Bonchev–Trinajstić information content (AvgIpc) is 2.45. The zero-order chi connectivity index (χ0) is 17.9. The summed E-state index contributed by atoms with van der Waals surface area (Å²) in [5.74, 6) is 0.515. The van der Waals surface area contributed by atoms with Gasteiger partial charge in [0.15, 0.2) is 0 Å². The highest BCUT2D eigenvalue weighted by Crippen LogP contribution is 2.17. The van der Waals surface area contributed by atoms with Gasteiger partial charge < -0.3 is 9.64 Å². The van der Waals surface area contributed by atoms with E-state index in [0.717, 1.165) is 0 Å². The fraction of sp³-hybridized carbons (Fsp3) is 0.938.